The highest BCUT2D eigenvalue weighted by molar-refractivity contribution is 14.0. The quantitative estimate of drug-likeness (QED) is 0.287. The number of hydrogen-bond acceptors (Lipinski definition) is 4. The Balaban J connectivity index is 0.00000729. The van der Waals surface area contributed by atoms with Gasteiger partial charge in [0.05, 0.1) is 12.7 Å². The first kappa shape index (κ1) is 27.2. The molecular formula is C17H33F3IN5O2. The maximum atomic E-state index is 12.4. The molecule has 1 heterocycles. The lowest BCUT2D eigenvalue weighted by Crippen LogP contribution is -2.50. The molecule has 1 saturated heterocycles. The Hall–Kier alpha value is -0.820. The molecule has 1 atom stereocenters. The Morgan fingerprint density at radius 1 is 1.36 bits per heavy atom. The maximum absolute atomic E-state index is 12.4. The number of carbonyl (C=O) groups excluding carboxylic acids is 1. The zero-order valence-electron chi connectivity index (χ0n) is 17.0. The Kier molecular flexibility index (Phi) is 13.0. The predicted molar refractivity (Wildman–Crippen MR) is 114 cm³/mol. The van der Waals surface area contributed by atoms with Gasteiger partial charge in [0.1, 0.15) is 13.1 Å². The average molecular weight is 523 g/mol. The Morgan fingerprint density at radius 2 is 2.04 bits per heavy atom. The summed E-state index contributed by atoms with van der Waals surface area (Å²) < 4.78 is 42.8. The van der Waals surface area contributed by atoms with Crippen LogP contribution in [0.3, 0.4) is 0 Å². The minimum Gasteiger partial charge on any atom is -0.374 e. The minimum absolute atomic E-state index is 0. The lowest BCUT2D eigenvalue weighted by atomic mass is 10.2. The molecule has 7 nitrogen and oxygen atoms in total. The second-order valence-corrected chi connectivity index (χ2v) is 7.09. The van der Waals surface area contributed by atoms with Gasteiger partial charge in [-0.15, -0.1) is 24.0 Å². The molecule has 1 aliphatic heterocycles. The second kappa shape index (κ2) is 13.4. The SMILES string of the molecule is CCNC(=NCC(=O)N(C)CC(F)(F)F)NCC1CN(CC(C)C)CCO1.I. The highest BCUT2D eigenvalue weighted by Crippen LogP contribution is 2.15. The third-order valence-corrected chi connectivity index (χ3v) is 3.90. The fourth-order valence-corrected chi connectivity index (χ4v) is 2.76. The third kappa shape index (κ3) is 11.9. The lowest BCUT2D eigenvalue weighted by Gasteiger charge is -2.34. The number of nitrogens with zero attached hydrogens (tertiary/aromatic N) is 3. The van der Waals surface area contributed by atoms with Crippen molar-refractivity contribution in [1.29, 1.82) is 0 Å². The van der Waals surface area contributed by atoms with E-state index >= 15 is 0 Å². The molecule has 1 rings (SSSR count). The molecule has 166 valence electrons. The molecule has 11 heteroatoms. The van der Waals surface area contributed by atoms with E-state index in [-0.39, 0.29) is 36.6 Å². The van der Waals surface area contributed by atoms with E-state index in [2.05, 4.69) is 34.4 Å². The smallest absolute Gasteiger partial charge is 0.374 e. The van der Waals surface area contributed by atoms with Crippen LogP contribution in [0.1, 0.15) is 20.8 Å². The first-order valence-electron chi connectivity index (χ1n) is 9.27. The summed E-state index contributed by atoms with van der Waals surface area (Å²) >= 11 is 0. The van der Waals surface area contributed by atoms with Crippen LogP contribution in [0, 0.1) is 5.92 Å². The molecule has 0 aromatic rings. The van der Waals surface area contributed by atoms with Gasteiger partial charge in [-0.05, 0) is 12.8 Å². The van der Waals surface area contributed by atoms with E-state index in [1.807, 2.05) is 6.92 Å². The van der Waals surface area contributed by atoms with Crippen LogP contribution < -0.4 is 10.6 Å². The van der Waals surface area contributed by atoms with E-state index in [0.29, 0.717) is 36.5 Å². The zero-order valence-corrected chi connectivity index (χ0v) is 19.3. The van der Waals surface area contributed by atoms with E-state index in [0.717, 1.165) is 26.7 Å². The number of amides is 1. The molecule has 2 N–H and O–H groups in total. The van der Waals surface area contributed by atoms with E-state index in [1.54, 1.807) is 0 Å². The highest BCUT2D eigenvalue weighted by Gasteiger charge is 2.31. The van der Waals surface area contributed by atoms with Gasteiger partial charge in [-0.1, -0.05) is 13.8 Å². The molecule has 0 bridgehead atoms. The number of carbonyl (C=O) groups is 1. The van der Waals surface area contributed by atoms with Crippen molar-refractivity contribution in [1.82, 2.24) is 20.4 Å². The Labute approximate surface area is 182 Å². The first-order chi connectivity index (χ1) is 12.6. The number of ether oxygens (including phenoxy) is 1. The Morgan fingerprint density at radius 3 is 2.61 bits per heavy atom. The Bertz CT molecular complexity index is 492. The van der Waals surface area contributed by atoms with E-state index < -0.39 is 18.6 Å². The van der Waals surface area contributed by atoms with Crippen molar-refractivity contribution >= 4 is 35.8 Å². The van der Waals surface area contributed by atoms with E-state index in [4.69, 9.17) is 4.74 Å². The first-order valence-corrected chi connectivity index (χ1v) is 9.27. The van der Waals surface area contributed by atoms with Crippen molar-refractivity contribution in [3.63, 3.8) is 0 Å². The van der Waals surface area contributed by atoms with Crippen molar-refractivity contribution in [3.8, 4) is 0 Å². The van der Waals surface area contributed by atoms with Crippen LogP contribution in [-0.4, -0.2) is 93.4 Å². The molecule has 0 radical (unpaired) electrons. The van der Waals surface area contributed by atoms with Gasteiger partial charge < -0.3 is 20.3 Å². The van der Waals surface area contributed by atoms with Crippen molar-refractivity contribution in [3.05, 3.63) is 0 Å². The van der Waals surface area contributed by atoms with Crippen molar-refractivity contribution < 1.29 is 22.7 Å². The third-order valence-electron chi connectivity index (χ3n) is 3.90. The summed E-state index contributed by atoms with van der Waals surface area (Å²) in [6.07, 6.45) is -4.43. The molecule has 0 aromatic heterocycles. The van der Waals surface area contributed by atoms with Gasteiger partial charge >= 0.3 is 6.18 Å². The molecule has 1 aliphatic rings. The normalized spacial score (nSPS) is 18.6. The van der Waals surface area contributed by atoms with Crippen LogP contribution in [0.2, 0.25) is 0 Å². The highest BCUT2D eigenvalue weighted by atomic mass is 127. The van der Waals surface area contributed by atoms with E-state index in [1.165, 1.54) is 0 Å². The average Bonchev–Trinajstić information content (AvgIpc) is 2.55. The number of hydrogen-bond donors (Lipinski definition) is 2. The number of rotatable bonds is 8. The van der Waals surface area contributed by atoms with Gasteiger partial charge in [0, 0.05) is 39.8 Å². The summed E-state index contributed by atoms with van der Waals surface area (Å²) in [5.41, 5.74) is 0. The monoisotopic (exact) mass is 523 g/mol. The number of nitrogens with one attached hydrogen (secondary N) is 2. The number of morpholine rings is 1. The van der Waals surface area contributed by atoms with Crippen molar-refractivity contribution in [2.24, 2.45) is 10.9 Å². The standard InChI is InChI=1S/C17H32F3N5O2.HI/c1-5-21-16(23-9-15(26)24(4)12-17(18,19)20)22-8-14-11-25(6-7-27-14)10-13(2)3;/h13-14H,5-12H2,1-4H3,(H2,21,22,23);1H. The van der Waals surface area contributed by atoms with Gasteiger partial charge in [-0.3, -0.25) is 9.69 Å². The molecule has 1 fully saturated rings. The lowest BCUT2D eigenvalue weighted by molar-refractivity contribution is -0.157. The summed E-state index contributed by atoms with van der Waals surface area (Å²) in [6.45, 7) is 9.03. The molecule has 1 amide bonds. The van der Waals surface area contributed by atoms with Gasteiger partial charge in [-0.2, -0.15) is 13.2 Å². The van der Waals surface area contributed by atoms with Crippen LogP contribution in [0.5, 0.6) is 0 Å². The summed E-state index contributed by atoms with van der Waals surface area (Å²) in [5, 5.41) is 6.09. The molecule has 0 spiro atoms. The van der Waals surface area contributed by atoms with Gasteiger partial charge in [0.15, 0.2) is 5.96 Å². The number of guanidine groups is 1. The van der Waals surface area contributed by atoms with Crippen LogP contribution >= 0.6 is 24.0 Å². The topological polar surface area (TPSA) is 69.2 Å². The predicted octanol–water partition coefficient (Wildman–Crippen LogP) is 1.54. The fraction of sp³-hybridized carbons (Fsp3) is 0.882. The number of aliphatic imine (C=N–C) groups is 1. The number of likely N-dealkylation sites (N-methyl/N-ethyl adjacent to an activating group) is 1. The molecule has 0 aliphatic carbocycles. The van der Waals surface area contributed by atoms with E-state index in [9.17, 15) is 18.0 Å². The van der Waals surface area contributed by atoms with Crippen LogP contribution in [0.25, 0.3) is 0 Å². The summed E-state index contributed by atoms with van der Waals surface area (Å²) in [6, 6.07) is 0. The number of alkyl halides is 3. The molecule has 1 unspecified atom stereocenters. The molecule has 28 heavy (non-hydrogen) atoms. The fourth-order valence-electron chi connectivity index (χ4n) is 2.76. The van der Waals surface area contributed by atoms with Crippen LogP contribution in [-0.2, 0) is 9.53 Å². The van der Waals surface area contributed by atoms with Crippen LogP contribution in [0.15, 0.2) is 4.99 Å². The number of halogens is 4. The molecular weight excluding hydrogens is 490 g/mol. The molecule has 0 saturated carbocycles. The summed E-state index contributed by atoms with van der Waals surface area (Å²) in [7, 11) is 1.12. The summed E-state index contributed by atoms with van der Waals surface area (Å²) in [5.74, 6) is 0.271. The van der Waals surface area contributed by atoms with Crippen molar-refractivity contribution in [2.75, 3.05) is 59.5 Å². The summed E-state index contributed by atoms with van der Waals surface area (Å²) in [4.78, 5) is 18.9. The van der Waals surface area contributed by atoms with Gasteiger partial charge in [-0.25, -0.2) is 4.99 Å². The minimum atomic E-state index is -4.42. The second-order valence-electron chi connectivity index (χ2n) is 7.09. The zero-order chi connectivity index (χ0) is 20.4. The van der Waals surface area contributed by atoms with Gasteiger partial charge in [0.2, 0.25) is 5.91 Å². The van der Waals surface area contributed by atoms with Crippen LogP contribution in [0.4, 0.5) is 13.2 Å². The molecule has 0 aromatic carbocycles. The van der Waals surface area contributed by atoms with Gasteiger partial charge in [0.25, 0.3) is 0 Å². The van der Waals surface area contributed by atoms with Crippen molar-refractivity contribution in [2.45, 2.75) is 33.1 Å². The maximum Gasteiger partial charge on any atom is 0.406 e. The largest absolute Gasteiger partial charge is 0.406 e.